The van der Waals surface area contributed by atoms with Crippen LogP contribution < -0.4 is 0 Å². The number of rotatable bonds is 3. The molecule has 1 heteroatoms. The molecule has 8 aromatic rings. The van der Waals surface area contributed by atoms with E-state index < -0.39 is 0 Å². The van der Waals surface area contributed by atoms with Crippen LogP contribution in [0.1, 0.15) is 1.37 Å². The van der Waals surface area contributed by atoms with E-state index in [2.05, 4.69) is 121 Å². The molecule has 0 N–H and O–H groups in total. The van der Waals surface area contributed by atoms with Crippen LogP contribution in [0.2, 0.25) is 0 Å². The maximum Gasteiger partial charge on any atom is 0.136 e. The van der Waals surface area contributed by atoms with Crippen molar-refractivity contribution in [2.45, 2.75) is 0 Å². The molecule has 0 aliphatic rings. The van der Waals surface area contributed by atoms with E-state index in [1.165, 1.54) is 49.4 Å². The SMILES string of the molecule is [2H]c1ccc(-c2c3ccccc3c(-c3c(-c4ccccc4)ccc4oc5ccccc5c34)c3ccccc23)cc1. The van der Waals surface area contributed by atoms with E-state index in [1.807, 2.05) is 18.2 Å². The van der Waals surface area contributed by atoms with Gasteiger partial charge in [0.05, 0.1) is 1.37 Å². The van der Waals surface area contributed by atoms with Crippen LogP contribution in [-0.2, 0) is 0 Å². The summed E-state index contributed by atoms with van der Waals surface area (Å²) in [5.41, 5.74) is 8.85. The lowest BCUT2D eigenvalue weighted by atomic mass is 9.82. The van der Waals surface area contributed by atoms with Gasteiger partial charge in [0.1, 0.15) is 11.2 Å². The molecule has 8 rings (SSSR count). The van der Waals surface area contributed by atoms with Crippen molar-refractivity contribution >= 4 is 43.5 Å². The van der Waals surface area contributed by atoms with Crippen molar-refractivity contribution in [2.24, 2.45) is 0 Å². The van der Waals surface area contributed by atoms with Crippen LogP contribution in [0.4, 0.5) is 0 Å². The summed E-state index contributed by atoms with van der Waals surface area (Å²) in [4.78, 5) is 0. The van der Waals surface area contributed by atoms with E-state index >= 15 is 0 Å². The van der Waals surface area contributed by atoms with Crippen LogP contribution in [0.25, 0.3) is 76.9 Å². The summed E-state index contributed by atoms with van der Waals surface area (Å²) in [6.07, 6.45) is 0. The predicted molar refractivity (Wildman–Crippen MR) is 165 cm³/mol. The molecule has 182 valence electrons. The van der Waals surface area contributed by atoms with Crippen molar-refractivity contribution < 1.29 is 5.79 Å². The second-order valence-electron chi connectivity index (χ2n) is 9.96. The van der Waals surface area contributed by atoms with E-state index in [4.69, 9.17) is 5.79 Å². The fourth-order valence-corrected chi connectivity index (χ4v) is 6.20. The van der Waals surface area contributed by atoms with Gasteiger partial charge in [-0.15, -0.1) is 0 Å². The Balaban J connectivity index is 1.62. The van der Waals surface area contributed by atoms with Gasteiger partial charge in [0.15, 0.2) is 0 Å². The standard InChI is InChI=1S/C38H24O/c1-3-13-25(14-4-1)27-23-24-34-37(32-21-11-12-22-33(32)39-34)38(27)36-30-19-9-7-17-28(30)35(26-15-5-2-6-16-26)29-18-8-10-20-31(29)36/h1-24H/i2D. The van der Waals surface area contributed by atoms with Gasteiger partial charge in [-0.25, -0.2) is 0 Å². The molecule has 1 aromatic heterocycles. The molecule has 0 saturated heterocycles. The van der Waals surface area contributed by atoms with E-state index in [1.54, 1.807) is 0 Å². The van der Waals surface area contributed by atoms with E-state index in [9.17, 15) is 0 Å². The summed E-state index contributed by atoms with van der Waals surface area (Å²) in [7, 11) is 0. The number of fused-ring (bicyclic) bond motifs is 5. The van der Waals surface area contributed by atoms with Crippen LogP contribution in [0, 0.1) is 0 Å². The lowest BCUT2D eigenvalue weighted by Crippen LogP contribution is -1.93. The minimum absolute atomic E-state index is 0.514. The number of furan rings is 1. The largest absolute Gasteiger partial charge is 0.456 e. The summed E-state index contributed by atoms with van der Waals surface area (Å²) in [6, 6.07) is 49.2. The summed E-state index contributed by atoms with van der Waals surface area (Å²) in [5.74, 6) is 0. The first kappa shape index (κ1) is 20.9. The lowest BCUT2D eigenvalue weighted by molar-refractivity contribution is 0.669. The van der Waals surface area contributed by atoms with Gasteiger partial charge >= 0.3 is 0 Å². The van der Waals surface area contributed by atoms with Crippen molar-refractivity contribution in [3.8, 4) is 33.4 Å². The normalized spacial score (nSPS) is 11.9. The van der Waals surface area contributed by atoms with Gasteiger partial charge in [-0.2, -0.15) is 0 Å². The highest BCUT2D eigenvalue weighted by Gasteiger charge is 2.23. The third kappa shape index (κ3) is 3.34. The molecule has 0 amide bonds. The van der Waals surface area contributed by atoms with Crippen LogP contribution in [0.15, 0.2) is 150 Å². The van der Waals surface area contributed by atoms with Crippen LogP contribution >= 0.6 is 0 Å². The second kappa shape index (κ2) is 8.72. The Bertz CT molecular complexity index is 2150. The number of benzene rings is 7. The van der Waals surface area contributed by atoms with Gasteiger partial charge in [0.2, 0.25) is 0 Å². The molecule has 0 atom stereocenters. The third-order valence-corrected chi connectivity index (χ3v) is 7.82. The van der Waals surface area contributed by atoms with Gasteiger partial charge in [0, 0.05) is 16.3 Å². The maximum absolute atomic E-state index is 8.05. The molecule has 0 fully saturated rings. The first-order valence-corrected chi connectivity index (χ1v) is 13.3. The molecule has 0 aliphatic heterocycles. The van der Waals surface area contributed by atoms with Crippen LogP contribution in [-0.4, -0.2) is 0 Å². The van der Waals surface area contributed by atoms with E-state index in [0.717, 1.165) is 27.5 Å². The molecule has 0 saturated carbocycles. The monoisotopic (exact) mass is 497 g/mol. The number of hydrogen-bond donors (Lipinski definition) is 0. The smallest absolute Gasteiger partial charge is 0.136 e. The first-order valence-electron chi connectivity index (χ1n) is 13.8. The molecule has 0 spiro atoms. The summed E-state index contributed by atoms with van der Waals surface area (Å²) < 4.78 is 14.5. The fraction of sp³-hybridized carbons (Fsp3) is 0. The van der Waals surface area contributed by atoms with Crippen molar-refractivity contribution in [3.05, 3.63) is 146 Å². The zero-order valence-electron chi connectivity index (χ0n) is 22.2. The molecular weight excluding hydrogens is 472 g/mol. The Kier molecular flexibility index (Phi) is 4.66. The summed E-state index contributed by atoms with van der Waals surface area (Å²) in [6.45, 7) is 0. The molecule has 1 nitrogen and oxygen atoms in total. The summed E-state index contributed by atoms with van der Waals surface area (Å²) >= 11 is 0. The molecule has 7 aromatic carbocycles. The quantitative estimate of drug-likeness (QED) is 0.221. The average Bonchev–Trinajstić information content (AvgIpc) is 3.39. The minimum atomic E-state index is 0.514. The molecule has 39 heavy (non-hydrogen) atoms. The van der Waals surface area contributed by atoms with Gasteiger partial charge in [-0.3, -0.25) is 0 Å². The highest BCUT2D eigenvalue weighted by Crippen LogP contribution is 2.49. The summed E-state index contributed by atoms with van der Waals surface area (Å²) in [5, 5.41) is 7.03. The van der Waals surface area contributed by atoms with E-state index in [-0.39, 0.29) is 0 Å². The number of para-hydroxylation sites is 1. The molecule has 0 unspecified atom stereocenters. The maximum atomic E-state index is 8.05. The first-order chi connectivity index (χ1) is 19.8. The molecule has 0 bridgehead atoms. The fourth-order valence-electron chi connectivity index (χ4n) is 6.20. The van der Waals surface area contributed by atoms with E-state index in [0.29, 0.717) is 6.04 Å². The topological polar surface area (TPSA) is 13.1 Å². The second-order valence-corrected chi connectivity index (χ2v) is 9.96. The zero-order valence-corrected chi connectivity index (χ0v) is 21.2. The molecule has 0 aliphatic carbocycles. The van der Waals surface area contributed by atoms with Gasteiger partial charge in [-0.1, -0.05) is 133 Å². The molecule has 0 radical (unpaired) electrons. The van der Waals surface area contributed by atoms with Gasteiger partial charge in [0.25, 0.3) is 0 Å². The van der Waals surface area contributed by atoms with Gasteiger partial charge < -0.3 is 4.42 Å². The average molecular weight is 498 g/mol. The van der Waals surface area contributed by atoms with Crippen molar-refractivity contribution in [3.63, 3.8) is 0 Å². The third-order valence-electron chi connectivity index (χ3n) is 7.82. The Morgan fingerprint density at radius 3 is 1.59 bits per heavy atom. The molecule has 1 heterocycles. The highest BCUT2D eigenvalue weighted by molar-refractivity contribution is 6.27. The minimum Gasteiger partial charge on any atom is -0.456 e. The predicted octanol–water partition coefficient (Wildman–Crippen LogP) is 10.9. The Morgan fingerprint density at radius 2 is 0.923 bits per heavy atom. The Morgan fingerprint density at radius 1 is 0.385 bits per heavy atom. The van der Waals surface area contributed by atoms with Crippen molar-refractivity contribution in [2.75, 3.05) is 0 Å². The Labute approximate surface area is 228 Å². The van der Waals surface area contributed by atoms with Gasteiger partial charge in [-0.05, 0) is 61.5 Å². The van der Waals surface area contributed by atoms with Crippen molar-refractivity contribution in [1.29, 1.82) is 0 Å². The zero-order chi connectivity index (χ0) is 26.6. The highest BCUT2D eigenvalue weighted by atomic mass is 16.3. The Hall–Kier alpha value is -5.14. The molecular formula is C38H24O. The number of hydrogen-bond acceptors (Lipinski definition) is 1. The van der Waals surface area contributed by atoms with Crippen LogP contribution in [0.3, 0.4) is 0 Å². The van der Waals surface area contributed by atoms with Crippen molar-refractivity contribution in [1.82, 2.24) is 0 Å². The lowest BCUT2D eigenvalue weighted by Gasteiger charge is -2.20. The van der Waals surface area contributed by atoms with Crippen LogP contribution in [0.5, 0.6) is 0 Å².